The number of aliphatic hydroxyl groups excluding tert-OH is 1. The summed E-state index contributed by atoms with van der Waals surface area (Å²) in [5.74, 6) is 2.27. The van der Waals surface area contributed by atoms with Crippen molar-refractivity contribution >= 4 is 15.9 Å². The van der Waals surface area contributed by atoms with Crippen molar-refractivity contribution in [3.05, 3.63) is 52.5 Å². The lowest BCUT2D eigenvalue weighted by molar-refractivity contribution is 0.216. The number of halogens is 1. The van der Waals surface area contributed by atoms with E-state index in [0.29, 0.717) is 19.0 Å². The molecule has 2 aromatic carbocycles. The monoisotopic (exact) mass is 352 g/mol. The molecule has 0 radical (unpaired) electrons. The molecule has 0 saturated carbocycles. The molecule has 0 aliphatic heterocycles. The highest BCUT2D eigenvalue weighted by Gasteiger charge is 2.02. The fraction of sp³-hybridized carbons (Fsp3) is 0.250. The van der Waals surface area contributed by atoms with Gasteiger partial charge in [-0.3, -0.25) is 0 Å². The minimum atomic E-state index is -0.0276. The Morgan fingerprint density at radius 1 is 0.905 bits per heavy atom. The normalized spacial score (nSPS) is 10.2. The van der Waals surface area contributed by atoms with Crippen molar-refractivity contribution < 1.29 is 19.3 Å². The molecule has 2 rings (SSSR count). The molecule has 4 nitrogen and oxygen atoms in total. The summed E-state index contributed by atoms with van der Waals surface area (Å²) in [5.41, 5.74) is 0.795. The van der Waals surface area contributed by atoms with Crippen molar-refractivity contribution in [2.45, 2.75) is 6.61 Å². The lowest BCUT2D eigenvalue weighted by Crippen LogP contribution is -2.09. The van der Waals surface area contributed by atoms with Crippen molar-refractivity contribution in [1.82, 2.24) is 0 Å². The molecular weight excluding hydrogens is 336 g/mol. The van der Waals surface area contributed by atoms with Gasteiger partial charge in [0, 0.05) is 4.47 Å². The minimum Gasteiger partial charge on any atom is -0.497 e. The number of aliphatic hydroxyl groups is 1. The third-order valence-corrected chi connectivity index (χ3v) is 3.64. The molecule has 0 bridgehead atoms. The van der Waals surface area contributed by atoms with Gasteiger partial charge in [0.25, 0.3) is 0 Å². The summed E-state index contributed by atoms with van der Waals surface area (Å²) in [4.78, 5) is 0. The maximum atomic E-state index is 9.19. The van der Waals surface area contributed by atoms with E-state index in [1.807, 2.05) is 36.4 Å². The average Bonchev–Trinajstić information content (AvgIpc) is 2.53. The Kier molecular flexibility index (Phi) is 5.90. The molecule has 0 heterocycles. The molecule has 0 saturated heterocycles. The van der Waals surface area contributed by atoms with E-state index < -0.39 is 0 Å². The summed E-state index contributed by atoms with van der Waals surface area (Å²) in [7, 11) is 1.63. The predicted octanol–water partition coefficient (Wildman–Crippen LogP) is 3.41. The van der Waals surface area contributed by atoms with Gasteiger partial charge in [0.2, 0.25) is 0 Å². The predicted molar refractivity (Wildman–Crippen MR) is 84.0 cm³/mol. The zero-order chi connectivity index (χ0) is 15.1. The number of benzene rings is 2. The van der Waals surface area contributed by atoms with Crippen LogP contribution in [0.15, 0.2) is 46.9 Å². The van der Waals surface area contributed by atoms with E-state index in [9.17, 15) is 5.11 Å². The minimum absolute atomic E-state index is 0.0276. The lowest BCUT2D eigenvalue weighted by atomic mass is 10.2. The second-order valence-corrected chi connectivity index (χ2v) is 5.14. The van der Waals surface area contributed by atoms with Gasteiger partial charge in [-0.05, 0) is 48.0 Å². The second kappa shape index (κ2) is 7.90. The fourth-order valence-electron chi connectivity index (χ4n) is 1.75. The van der Waals surface area contributed by atoms with Gasteiger partial charge in [-0.25, -0.2) is 0 Å². The van der Waals surface area contributed by atoms with Crippen LogP contribution >= 0.6 is 15.9 Å². The average molecular weight is 353 g/mol. The first-order chi connectivity index (χ1) is 10.2. The highest BCUT2D eigenvalue weighted by atomic mass is 79.9. The molecule has 2 aromatic rings. The highest BCUT2D eigenvalue weighted by Crippen LogP contribution is 2.22. The first-order valence-electron chi connectivity index (χ1n) is 6.52. The standard InChI is InChI=1S/C16H17BrO4/c1-19-13-2-4-14(5-3-13)20-8-9-21-15-6-7-16(17)12(10-15)11-18/h2-7,10,18H,8-9,11H2,1H3. The van der Waals surface area contributed by atoms with E-state index in [0.717, 1.165) is 21.5 Å². The molecule has 112 valence electrons. The van der Waals surface area contributed by atoms with Crippen LogP contribution < -0.4 is 14.2 Å². The first kappa shape index (κ1) is 15.7. The van der Waals surface area contributed by atoms with E-state index in [1.165, 1.54) is 0 Å². The number of ether oxygens (including phenoxy) is 3. The van der Waals surface area contributed by atoms with Crippen LogP contribution in [0.25, 0.3) is 0 Å². The molecule has 0 amide bonds. The molecule has 0 aliphatic rings. The summed E-state index contributed by atoms with van der Waals surface area (Å²) in [6.45, 7) is 0.843. The van der Waals surface area contributed by atoms with Crippen LogP contribution in [-0.2, 0) is 6.61 Å². The number of methoxy groups -OCH3 is 1. The van der Waals surface area contributed by atoms with Crippen LogP contribution in [0.2, 0.25) is 0 Å². The zero-order valence-electron chi connectivity index (χ0n) is 11.7. The van der Waals surface area contributed by atoms with Crippen LogP contribution in [0, 0.1) is 0 Å². The van der Waals surface area contributed by atoms with Gasteiger partial charge in [0.15, 0.2) is 0 Å². The molecule has 0 atom stereocenters. The topological polar surface area (TPSA) is 47.9 Å². The Hall–Kier alpha value is -1.72. The largest absolute Gasteiger partial charge is 0.497 e. The van der Waals surface area contributed by atoms with Crippen LogP contribution in [0.1, 0.15) is 5.56 Å². The molecule has 0 fully saturated rings. The zero-order valence-corrected chi connectivity index (χ0v) is 13.3. The number of hydrogen-bond acceptors (Lipinski definition) is 4. The van der Waals surface area contributed by atoms with Gasteiger partial charge in [-0.1, -0.05) is 15.9 Å². The molecule has 0 aliphatic carbocycles. The Morgan fingerprint density at radius 2 is 1.48 bits per heavy atom. The van der Waals surface area contributed by atoms with Gasteiger partial charge < -0.3 is 19.3 Å². The molecule has 21 heavy (non-hydrogen) atoms. The van der Waals surface area contributed by atoms with Crippen LogP contribution in [0.4, 0.5) is 0 Å². The van der Waals surface area contributed by atoms with Gasteiger partial charge in [0.1, 0.15) is 30.5 Å². The van der Waals surface area contributed by atoms with Crippen molar-refractivity contribution in [1.29, 1.82) is 0 Å². The summed E-state index contributed by atoms with van der Waals surface area (Å²) in [6, 6.07) is 12.9. The maximum absolute atomic E-state index is 9.19. The third kappa shape index (κ3) is 4.65. The van der Waals surface area contributed by atoms with Crippen molar-refractivity contribution in [3.8, 4) is 17.2 Å². The Bertz CT molecular complexity index is 569. The van der Waals surface area contributed by atoms with Crippen LogP contribution in [0.5, 0.6) is 17.2 Å². The fourth-order valence-corrected chi connectivity index (χ4v) is 2.13. The van der Waals surface area contributed by atoms with Crippen LogP contribution in [-0.4, -0.2) is 25.4 Å². The summed E-state index contributed by atoms with van der Waals surface area (Å²) in [5, 5.41) is 9.19. The lowest BCUT2D eigenvalue weighted by Gasteiger charge is -2.10. The molecule has 0 aromatic heterocycles. The molecule has 1 N–H and O–H groups in total. The maximum Gasteiger partial charge on any atom is 0.122 e. The van der Waals surface area contributed by atoms with Gasteiger partial charge >= 0.3 is 0 Å². The van der Waals surface area contributed by atoms with Gasteiger partial charge in [-0.15, -0.1) is 0 Å². The van der Waals surface area contributed by atoms with E-state index in [1.54, 1.807) is 13.2 Å². The molecular formula is C16H17BrO4. The number of hydrogen-bond donors (Lipinski definition) is 1. The number of rotatable bonds is 7. The second-order valence-electron chi connectivity index (χ2n) is 4.28. The van der Waals surface area contributed by atoms with E-state index in [2.05, 4.69) is 15.9 Å². The van der Waals surface area contributed by atoms with Gasteiger partial charge in [-0.2, -0.15) is 0 Å². The summed E-state index contributed by atoms with van der Waals surface area (Å²) >= 11 is 3.36. The third-order valence-electron chi connectivity index (χ3n) is 2.87. The van der Waals surface area contributed by atoms with Gasteiger partial charge in [0.05, 0.1) is 13.7 Å². The SMILES string of the molecule is COc1ccc(OCCOc2ccc(Br)c(CO)c2)cc1. The summed E-state index contributed by atoms with van der Waals surface area (Å²) < 4.78 is 17.1. The van der Waals surface area contributed by atoms with Crippen molar-refractivity contribution in [3.63, 3.8) is 0 Å². The van der Waals surface area contributed by atoms with Crippen LogP contribution in [0.3, 0.4) is 0 Å². The smallest absolute Gasteiger partial charge is 0.122 e. The molecule has 0 unspecified atom stereocenters. The Balaban J connectivity index is 1.78. The van der Waals surface area contributed by atoms with E-state index in [-0.39, 0.29) is 6.61 Å². The molecule has 0 spiro atoms. The summed E-state index contributed by atoms with van der Waals surface area (Å²) in [6.07, 6.45) is 0. The Morgan fingerprint density at radius 3 is 2.10 bits per heavy atom. The highest BCUT2D eigenvalue weighted by molar-refractivity contribution is 9.10. The quantitative estimate of drug-likeness (QED) is 0.775. The first-order valence-corrected chi connectivity index (χ1v) is 7.31. The van der Waals surface area contributed by atoms with E-state index in [4.69, 9.17) is 14.2 Å². The van der Waals surface area contributed by atoms with Crippen molar-refractivity contribution in [2.75, 3.05) is 20.3 Å². The Labute approximate surface area is 132 Å². The van der Waals surface area contributed by atoms with E-state index >= 15 is 0 Å². The molecule has 5 heteroatoms. The van der Waals surface area contributed by atoms with Crippen molar-refractivity contribution in [2.24, 2.45) is 0 Å².